The van der Waals surface area contributed by atoms with Crippen LogP contribution in [-0.4, -0.2) is 10.8 Å². The molecule has 110 valence electrons. The van der Waals surface area contributed by atoms with Crippen molar-refractivity contribution in [1.29, 1.82) is 0 Å². The molecule has 6 heteroatoms. The van der Waals surface area contributed by atoms with Crippen molar-refractivity contribution in [2.45, 2.75) is 39.5 Å². The molecule has 1 unspecified atom stereocenters. The van der Waals surface area contributed by atoms with E-state index in [1.807, 2.05) is 6.92 Å². The van der Waals surface area contributed by atoms with E-state index in [-0.39, 0.29) is 17.5 Å². The number of carbonyl (C=O) groups is 1. The number of hydrogen-bond donors (Lipinski definition) is 1. The van der Waals surface area contributed by atoms with Crippen LogP contribution in [0.15, 0.2) is 18.2 Å². The molecule has 1 aromatic carbocycles. The predicted molar refractivity (Wildman–Crippen MR) is 80.0 cm³/mol. The first-order chi connectivity index (χ1) is 9.49. The quantitative estimate of drug-likeness (QED) is 0.599. The van der Waals surface area contributed by atoms with E-state index in [1.54, 1.807) is 0 Å². The topological polar surface area (TPSA) is 72.2 Å². The molecule has 0 fully saturated rings. The fraction of sp³-hybridized carbons (Fsp3) is 0.500. The van der Waals surface area contributed by atoms with E-state index in [1.165, 1.54) is 18.2 Å². The van der Waals surface area contributed by atoms with Crippen molar-refractivity contribution < 1.29 is 9.72 Å². The lowest BCUT2D eigenvalue weighted by molar-refractivity contribution is -0.384. The van der Waals surface area contributed by atoms with E-state index in [4.69, 9.17) is 11.6 Å². The minimum atomic E-state index is -0.514. The summed E-state index contributed by atoms with van der Waals surface area (Å²) in [6.07, 6.45) is 3.56. The molecule has 5 nitrogen and oxygen atoms in total. The second-order valence-electron chi connectivity index (χ2n) is 4.66. The molecule has 0 aliphatic heterocycles. The molecule has 0 aromatic heterocycles. The first-order valence-corrected chi connectivity index (χ1v) is 7.12. The molecule has 20 heavy (non-hydrogen) atoms. The minimum absolute atomic E-state index is 0.0914. The van der Waals surface area contributed by atoms with Gasteiger partial charge in [0.25, 0.3) is 5.69 Å². The monoisotopic (exact) mass is 298 g/mol. The van der Waals surface area contributed by atoms with Gasteiger partial charge in [-0.15, -0.1) is 0 Å². The largest absolute Gasteiger partial charge is 0.324 e. The average molecular weight is 299 g/mol. The first kappa shape index (κ1) is 16.4. The number of nitro groups is 1. The van der Waals surface area contributed by atoms with Crippen molar-refractivity contribution in [3.63, 3.8) is 0 Å². The molecule has 0 radical (unpaired) electrons. The van der Waals surface area contributed by atoms with Crippen LogP contribution >= 0.6 is 11.6 Å². The Labute approximate surface area is 123 Å². The summed E-state index contributed by atoms with van der Waals surface area (Å²) < 4.78 is 0. The van der Waals surface area contributed by atoms with E-state index < -0.39 is 4.92 Å². The molecule has 1 N–H and O–H groups in total. The molecule has 0 aliphatic carbocycles. The number of non-ortho nitro benzene ring substituents is 1. The summed E-state index contributed by atoms with van der Waals surface area (Å²) in [7, 11) is 0. The summed E-state index contributed by atoms with van der Waals surface area (Å²) in [5.41, 5.74) is 0.201. The normalized spacial score (nSPS) is 11.9. The lowest BCUT2D eigenvalue weighted by Crippen LogP contribution is -2.22. The number of anilines is 1. The maximum absolute atomic E-state index is 12.1. The van der Waals surface area contributed by atoms with Gasteiger partial charge < -0.3 is 5.32 Å². The molecule has 0 spiro atoms. The molecule has 0 heterocycles. The van der Waals surface area contributed by atoms with Crippen molar-refractivity contribution in [3.8, 4) is 0 Å². The zero-order chi connectivity index (χ0) is 15.1. The number of rotatable bonds is 7. The second kappa shape index (κ2) is 7.85. The molecule has 1 atom stereocenters. The number of nitrogens with zero attached hydrogens (tertiary/aromatic N) is 1. The van der Waals surface area contributed by atoms with Crippen LogP contribution in [0, 0.1) is 16.0 Å². The van der Waals surface area contributed by atoms with Crippen LogP contribution in [-0.2, 0) is 4.79 Å². The molecule has 0 saturated carbocycles. The van der Waals surface area contributed by atoms with Crippen molar-refractivity contribution in [1.82, 2.24) is 0 Å². The highest BCUT2D eigenvalue weighted by atomic mass is 35.5. The molecule has 0 bridgehead atoms. The molecule has 1 aromatic rings. The number of carbonyl (C=O) groups excluding carboxylic acids is 1. The number of hydrogen-bond acceptors (Lipinski definition) is 3. The standard InChI is InChI=1S/C14H19ClN2O3/c1-3-5-6-10(4-2)14(18)16-13-9-11(17(19)20)7-8-12(13)15/h7-10H,3-6H2,1-2H3,(H,16,18). The van der Waals surface area contributed by atoms with Crippen LogP contribution in [0.25, 0.3) is 0 Å². The van der Waals surface area contributed by atoms with Crippen LogP contribution in [0.1, 0.15) is 39.5 Å². The van der Waals surface area contributed by atoms with E-state index >= 15 is 0 Å². The fourth-order valence-corrected chi connectivity index (χ4v) is 2.09. The number of nitro benzene ring substituents is 1. The van der Waals surface area contributed by atoms with Crippen molar-refractivity contribution in [2.24, 2.45) is 5.92 Å². The Morgan fingerprint density at radius 3 is 2.70 bits per heavy atom. The fourth-order valence-electron chi connectivity index (χ4n) is 1.93. The van der Waals surface area contributed by atoms with Gasteiger partial charge in [0, 0.05) is 18.1 Å². The van der Waals surface area contributed by atoms with E-state index in [2.05, 4.69) is 12.2 Å². The molecular formula is C14H19ClN2O3. The van der Waals surface area contributed by atoms with Gasteiger partial charge >= 0.3 is 0 Å². The van der Waals surface area contributed by atoms with Crippen molar-refractivity contribution >= 4 is 28.9 Å². The van der Waals surface area contributed by atoms with Crippen molar-refractivity contribution in [2.75, 3.05) is 5.32 Å². The summed E-state index contributed by atoms with van der Waals surface area (Å²) >= 11 is 5.96. The Morgan fingerprint density at radius 1 is 1.45 bits per heavy atom. The van der Waals surface area contributed by atoms with Crippen LogP contribution in [0.3, 0.4) is 0 Å². The lowest BCUT2D eigenvalue weighted by Gasteiger charge is -2.15. The van der Waals surface area contributed by atoms with Gasteiger partial charge in [0.2, 0.25) is 5.91 Å². The molecule has 1 rings (SSSR count). The van der Waals surface area contributed by atoms with Gasteiger partial charge in [0.05, 0.1) is 15.6 Å². The lowest BCUT2D eigenvalue weighted by atomic mass is 9.98. The Kier molecular flexibility index (Phi) is 6.45. The van der Waals surface area contributed by atoms with Gasteiger partial charge in [-0.05, 0) is 18.9 Å². The van der Waals surface area contributed by atoms with Crippen molar-refractivity contribution in [3.05, 3.63) is 33.3 Å². The van der Waals surface area contributed by atoms with Crippen LogP contribution in [0.4, 0.5) is 11.4 Å². The van der Waals surface area contributed by atoms with Crippen LogP contribution < -0.4 is 5.32 Å². The highest BCUT2D eigenvalue weighted by molar-refractivity contribution is 6.33. The van der Waals surface area contributed by atoms with Gasteiger partial charge in [-0.3, -0.25) is 14.9 Å². The van der Waals surface area contributed by atoms with Gasteiger partial charge in [-0.2, -0.15) is 0 Å². The third kappa shape index (κ3) is 4.49. The summed E-state index contributed by atoms with van der Waals surface area (Å²) in [5.74, 6) is -0.228. The maximum atomic E-state index is 12.1. The third-order valence-corrected chi connectivity index (χ3v) is 3.52. The third-order valence-electron chi connectivity index (χ3n) is 3.19. The summed E-state index contributed by atoms with van der Waals surface area (Å²) in [6, 6.07) is 4.02. The Bertz CT molecular complexity index is 491. The smallest absolute Gasteiger partial charge is 0.271 e. The number of halogens is 1. The zero-order valence-electron chi connectivity index (χ0n) is 11.7. The van der Waals surface area contributed by atoms with E-state index in [0.717, 1.165) is 25.7 Å². The zero-order valence-corrected chi connectivity index (χ0v) is 12.4. The SMILES string of the molecule is CCCCC(CC)C(=O)Nc1cc([N+](=O)[O-])ccc1Cl. The highest BCUT2D eigenvalue weighted by Gasteiger charge is 2.18. The maximum Gasteiger partial charge on any atom is 0.271 e. The summed E-state index contributed by atoms with van der Waals surface area (Å²) in [6.45, 7) is 4.02. The van der Waals surface area contributed by atoms with E-state index in [9.17, 15) is 14.9 Å². The van der Waals surface area contributed by atoms with E-state index in [0.29, 0.717) is 10.7 Å². The summed E-state index contributed by atoms with van der Waals surface area (Å²) in [4.78, 5) is 22.4. The Hall–Kier alpha value is -1.62. The predicted octanol–water partition coefficient (Wildman–Crippen LogP) is 4.40. The second-order valence-corrected chi connectivity index (χ2v) is 5.07. The Morgan fingerprint density at radius 2 is 2.15 bits per heavy atom. The van der Waals surface area contributed by atoms with Gasteiger partial charge in [-0.1, -0.05) is 38.3 Å². The number of amides is 1. The number of unbranched alkanes of at least 4 members (excludes halogenated alkanes) is 1. The Balaban J connectivity index is 2.83. The molecule has 0 aliphatic rings. The minimum Gasteiger partial charge on any atom is -0.324 e. The summed E-state index contributed by atoms with van der Waals surface area (Å²) in [5, 5.41) is 13.7. The van der Waals surface area contributed by atoms with Gasteiger partial charge in [0.1, 0.15) is 0 Å². The van der Waals surface area contributed by atoms with Gasteiger partial charge in [0.15, 0.2) is 0 Å². The average Bonchev–Trinajstić information content (AvgIpc) is 2.41. The number of benzene rings is 1. The van der Waals surface area contributed by atoms with Crippen LogP contribution in [0.2, 0.25) is 5.02 Å². The van der Waals surface area contributed by atoms with Gasteiger partial charge in [-0.25, -0.2) is 0 Å². The molecule has 0 saturated heterocycles. The first-order valence-electron chi connectivity index (χ1n) is 6.74. The van der Waals surface area contributed by atoms with Crippen LogP contribution in [0.5, 0.6) is 0 Å². The molecule has 1 amide bonds. The highest BCUT2D eigenvalue weighted by Crippen LogP contribution is 2.27. The molecular weight excluding hydrogens is 280 g/mol. The number of nitrogens with one attached hydrogen (secondary N) is 1.